The molecule has 0 N–H and O–H groups in total. The Balaban J connectivity index is 2.58. The van der Waals surface area contributed by atoms with Gasteiger partial charge < -0.3 is 0 Å². The Morgan fingerprint density at radius 3 is 3.00 bits per heavy atom. The van der Waals surface area contributed by atoms with Gasteiger partial charge in [0.05, 0.1) is 0 Å². The van der Waals surface area contributed by atoms with E-state index in [0.717, 1.165) is 0 Å². The fraction of sp³-hybridized carbons (Fsp3) is 0.500. The second-order valence-electron chi connectivity index (χ2n) is 2.42. The van der Waals surface area contributed by atoms with Crippen LogP contribution in [0.25, 0.3) is 0 Å². The van der Waals surface area contributed by atoms with E-state index in [1.807, 2.05) is 31.2 Å². The van der Waals surface area contributed by atoms with Crippen molar-refractivity contribution in [2.45, 2.75) is 19.5 Å². The van der Waals surface area contributed by atoms with Gasteiger partial charge in [-0.05, 0) is 6.42 Å². The van der Waals surface area contributed by atoms with Gasteiger partial charge in [-0.25, -0.2) is 4.39 Å². The van der Waals surface area contributed by atoms with Crippen LogP contribution in [-0.2, 0) is 0 Å². The number of allylic oxidation sites excluding steroid dienone is 4. The van der Waals surface area contributed by atoms with Gasteiger partial charge in [-0.2, -0.15) is 0 Å². The molecule has 0 nitrogen and oxygen atoms in total. The number of hydrogen-bond donors (Lipinski definition) is 0. The van der Waals surface area contributed by atoms with Gasteiger partial charge in [0.25, 0.3) is 0 Å². The van der Waals surface area contributed by atoms with E-state index in [2.05, 4.69) is 0 Å². The second-order valence-corrected chi connectivity index (χ2v) is 2.42. The topological polar surface area (TPSA) is 0 Å². The highest BCUT2D eigenvalue weighted by atomic mass is 19.1. The van der Waals surface area contributed by atoms with Crippen molar-refractivity contribution in [1.82, 2.24) is 0 Å². The van der Waals surface area contributed by atoms with E-state index in [1.165, 1.54) is 0 Å². The predicted molar refractivity (Wildman–Crippen MR) is 37.0 cm³/mol. The highest BCUT2D eigenvalue weighted by Crippen LogP contribution is 2.15. The smallest absolute Gasteiger partial charge is 0.110 e. The van der Waals surface area contributed by atoms with Gasteiger partial charge >= 0.3 is 0 Å². The van der Waals surface area contributed by atoms with E-state index in [0.29, 0.717) is 6.42 Å². The third-order valence-corrected chi connectivity index (χ3v) is 1.59. The van der Waals surface area contributed by atoms with Crippen LogP contribution in [0.1, 0.15) is 13.3 Å². The highest BCUT2D eigenvalue weighted by molar-refractivity contribution is 5.09. The maximum absolute atomic E-state index is 12.7. The average molecular weight is 126 g/mol. The van der Waals surface area contributed by atoms with Crippen molar-refractivity contribution in [3.63, 3.8) is 0 Å². The lowest BCUT2D eigenvalue weighted by Gasteiger charge is -2.07. The molecule has 2 unspecified atom stereocenters. The van der Waals surface area contributed by atoms with Gasteiger partial charge in [-0.1, -0.05) is 31.2 Å². The zero-order valence-corrected chi connectivity index (χ0v) is 5.55. The van der Waals surface area contributed by atoms with Gasteiger partial charge in [0.1, 0.15) is 6.17 Å². The zero-order chi connectivity index (χ0) is 6.69. The summed E-state index contributed by atoms with van der Waals surface area (Å²) in [6.07, 6.45) is 7.45. The SMILES string of the molecule is CC1C=CC=CCC1F. The molecule has 0 amide bonds. The van der Waals surface area contributed by atoms with Crippen LogP contribution >= 0.6 is 0 Å². The maximum atomic E-state index is 12.7. The number of alkyl halides is 1. The van der Waals surface area contributed by atoms with Crippen LogP contribution in [-0.4, -0.2) is 6.17 Å². The standard InChI is InChI=1S/C8H11F/c1-7-5-3-2-4-6-8(7)9/h2-5,7-8H,6H2,1H3. The molecule has 2 atom stereocenters. The van der Waals surface area contributed by atoms with Crippen molar-refractivity contribution >= 4 is 0 Å². The summed E-state index contributed by atoms with van der Waals surface area (Å²) in [6, 6.07) is 0. The van der Waals surface area contributed by atoms with Gasteiger partial charge in [0.15, 0.2) is 0 Å². The van der Waals surface area contributed by atoms with E-state index < -0.39 is 6.17 Å². The quantitative estimate of drug-likeness (QED) is 0.467. The van der Waals surface area contributed by atoms with E-state index in [4.69, 9.17) is 0 Å². The molecule has 9 heavy (non-hydrogen) atoms. The Kier molecular flexibility index (Phi) is 2.04. The lowest BCUT2D eigenvalue weighted by atomic mass is 10.1. The van der Waals surface area contributed by atoms with Crippen molar-refractivity contribution in [3.8, 4) is 0 Å². The van der Waals surface area contributed by atoms with E-state index in [9.17, 15) is 4.39 Å². The zero-order valence-electron chi connectivity index (χ0n) is 5.55. The van der Waals surface area contributed by atoms with Gasteiger partial charge in [-0.3, -0.25) is 0 Å². The molecule has 0 saturated carbocycles. The van der Waals surface area contributed by atoms with Crippen LogP contribution < -0.4 is 0 Å². The van der Waals surface area contributed by atoms with Crippen LogP contribution in [0.5, 0.6) is 0 Å². The summed E-state index contributed by atoms with van der Waals surface area (Å²) in [7, 11) is 0. The summed E-state index contributed by atoms with van der Waals surface area (Å²) in [5.41, 5.74) is 0. The van der Waals surface area contributed by atoms with Crippen LogP contribution in [0.2, 0.25) is 0 Å². The molecule has 0 aromatic carbocycles. The van der Waals surface area contributed by atoms with Crippen molar-refractivity contribution in [2.75, 3.05) is 0 Å². The molecule has 1 rings (SSSR count). The first-order valence-corrected chi connectivity index (χ1v) is 3.28. The average Bonchev–Trinajstić information content (AvgIpc) is 1.99. The molecule has 0 aromatic rings. The first-order chi connectivity index (χ1) is 4.30. The second kappa shape index (κ2) is 2.81. The molecule has 1 heteroatoms. The summed E-state index contributed by atoms with van der Waals surface area (Å²) in [5, 5.41) is 0. The monoisotopic (exact) mass is 126 g/mol. The minimum absolute atomic E-state index is 0.0833. The summed E-state index contributed by atoms with van der Waals surface area (Å²) in [6.45, 7) is 1.90. The lowest BCUT2D eigenvalue weighted by molar-refractivity contribution is 0.279. The summed E-state index contributed by atoms with van der Waals surface area (Å²) in [5.74, 6) is 0.0833. The minimum Gasteiger partial charge on any atom is -0.247 e. The molecule has 50 valence electrons. The van der Waals surface area contributed by atoms with Gasteiger partial charge in [-0.15, -0.1) is 0 Å². The third-order valence-electron chi connectivity index (χ3n) is 1.59. The fourth-order valence-corrected chi connectivity index (χ4v) is 0.862. The predicted octanol–water partition coefficient (Wildman–Crippen LogP) is 2.48. The molecule has 0 spiro atoms. The Hall–Kier alpha value is -0.590. The molecule has 0 fully saturated rings. The van der Waals surface area contributed by atoms with Crippen molar-refractivity contribution in [3.05, 3.63) is 24.3 Å². The molecular weight excluding hydrogens is 115 g/mol. The maximum Gasteiger partial charge on any atom is 0.110 e. The highest BCUT2D eigenvalue weighted by Gasteiger charge is 2.11. The lowest BCUT2D eigenvalue weighted by Crippen LogP contribution is -2.07. The molecular formula is C8H11F. The number of hydrogen-bond acceptors (Lipinski definition) is 0. The molecule has 0 aliphatic heterocycles. The Morgan fingerprint density at radius 1 is 1.44 bits per heavy atom. The number of halogens is 1. The Bertz CT molecular complexity index is 136. The molecule has 0 bridgehead atoms. The Morgan fingerprint density at radius 2 is 2.22 bits per heavy atom. The normalized spacial score (nSPS) is 34.4. The summed E-state index contributed by atoms with van der Waals surface area (Å²) >= 11 is 0. The molecule has 0 saturated heterocycles. The van der Waals surface area contributed by atoms with Crippen LogP contribution in [0, 0.1) is 5.92 Å². The molecule has 1 aliphatic carbocycles. The van der Waals surface area contributed by atoms with Crippen molar-refractivity contribution in [1.29, 1.82) is 0 Å². The first kappa shape index (κ1) is 6.53. The van der Waals surface area contributed by atoms with Gasteiger partial charge in [0.2, 0.25) is 0 Å². The van der Waals surface area contributed by atoms with Crippen LogP contribution in [0.3, 0.4) is 0 Å². The van der Waals surface area contributed by atoms with Crippen molar-refractivity contribution < 1.29 is 4.39 Å². The van der Waals surface area contributed by atoms with Crippen LogP contribution in [0.4, 0.5) is 4.39 Å². The fourth-order valence-electron chi connectivity index (χ4n) is 0.862. The van der Waals surface area contributed by atoms with Crippen LogP contribution in [0.15, 0.2) is 24.3 Å². The van der Waals surface area contributed by atoms with E-state index in [1.54, 1.807) is 0 Å². The molecule has 0 aromatic heterocycles. The van der Waals surface area contributed by atoms with E-state index in [-0.39, 0.29) is 5.92 Å². The first-order valence-electron chi connectivity index (χ1n) is 3.28. The minimum atomic E-state index is -0.681. The number of rotatable bonds is 0. The van der Waals surface area contributed by atoms with Gasteiger partial charge in [0, 0.05) is 5.92 Å². The molecule has 0 radical (unpaired) electrons. The Labute approximate surface area is 55.1 Å². The molecule has 1 aliphatic rings. The summed E-state index contributed by atoms with van der Waals surface area (Å²) < 4.78 is 12.7. The largest absolute Gasteiger partial charge is 0.247 e. The molecule has 0 heterocycles. The van der Waals surface area contributed by atoms with E-state index >= 15 is 0 Å². The summed E-state index contributed by atoms with van der Waals surface area (Å²) in [4.78, 5) is 0. The van der Waals surface area contributed by atoms with Crippen molar-refractivity contribution in [2.24, 2.45) is 5.92 Å². The third kappa shape index (κ3) is 1.67.